The summed E-state index contributed by atoms with van der Waals surface area (Å²) < 4.78 is 14.7. The number of H-pyrrole nitrogens is 1. The van der Waals surface area contributed by atoms with Gasteiger partial charge in [0.1, 0.15) is 17.0 Å². The summed E-state index contributed by atoms with van der Waals surface area (Å²) in [5.41, 5.74) is 0.455. The van der Waals surface area contributed by atoms with Gasteiger partial charge in [-0.1, -0.05) is 11.6 Å². The Morgan fingerprint density at radius 1 is 1.43 bits per heavy atom. The third kappa shape index (κ3) is 2.49. The molecule has 0 aliphatic carbocycles. The number of pyridine rings is 1. The van der Waals surface area contributed by atoms with E-state index < -0.39 is 17.2 Å². The van der Waals surface area contributed by atoms with Crippen LogP contribution >= 0.6 is 11.6 Å². The first-order valence-electron chi connectivity index (χ1n) is 6.66. The molecule has 1 N–H and O–H groups in total. The summed E-state index contributed by atoms with van der Waals surface area (Å²) in [6.07, 6.45) is 2.75. The minimum Gasteiger partial charge on any atom is -0.345 e. The maximum absolute atomic E-state index is 13.2. The third-order valence-electron chi connectivity index (χ3n) is 3.61. The summed E-state index contributed by atoms with van der Waals surface area (Å²) in [4.78, 5) is 29.1. The number of fused-ring (bicyclic) bond motifs is 1. The lowest BCUT2D eigenvalue weighted by atomic mass is 10.2. The summed E-state index contributed by atoms with van der Waals surface area (Å²) in [7, 11) is 3.17. The number of hydrogen-bond donors (Lipinski definition) is 1. The van der Waals surface area contributed by atoms with Crippen molar-refractivity contribution in [2.75, 3.05) is 11.9 Å². The molecule has 3 aromatic rings. The molecule has 0 atom stereocenters. The number of aromatic nitrogens is 3. The van der Waals surface area contributed by atoms with Crippen LogP contribution in [0.3, 0.4) is 0 Å². The van der Waals surface area contributed by atoms with Crippen LogP contribution in [-0.2, 0) is 7.05 Å². The van der Waals surface area contributed by atoms with Crippen molar-refractivity contribution in [1.29, 1.82) is 0 Å². The average Bonchev–Trinajstić information content (AvgIpc) is 2.91. The molecule has 0 bridgehead atoms. The van der Waals surface area contributed by atoms with Crippen molar-refractivity contribution in [2.24, 2.45) is 7.05 Å². The van der Waals surface area contributed by atoms with Crippen molar-refractivity contribution < 1.29 is 9.18 Å². The van der Waals surface area contributed by atoms with Crippen LogP contribution in [0, 0.1) is 5.82 Å². The number of nitrogens with zero attached hydrogens (tertiary/aromatic N) is 3. The normalized spacial score (nSPS) is 11.0. The Bertz CT molecular complexity index is 979. The summed E-state index contributed by atoms with van der Waals surface area (Å²) in [6.45, 7) is 0. The smallest absolute Gasteiger partial charge is 0.263 e. The largest absolute Gasteiger partial charge is 0.345 e. The van der Waals surface area contributed by atoms with Gasteiger partial charge in [-0.05, 0) is 18.2 Å². The van der Waals surface area contributed by atoms with Crippen LogP contribution in [0.15, 0.2) is 35.4 Å². The summed E-state index contributed by atoms with van der Waals surface area (Å²) in [5, 5.41) is 4.21. The SMILES string of the molecule is CN(C(=O)c1c[nH]c2c(cnn2C)c1=O)c1ccc(F)c(Cl)c1. The lowest BCUT2D eigenvalue weighted by Gasteiger charge is -2.17. The first kappa shape index (κ1) is 15.2. The molecule has 0 aliphatic rings. The Balaban J connectivity index is 2.04. The molecule has 0 saturated heterocycles. The molecule has 23 heavy (non-hydrogen) atoms. The van der Waals surface area contributed by atoms with E-state index in [9.17, 15) is 14.0 Å². The number of halogens is 2. The maximum atomic E-state index is 13.2. The van der Waals surface area contributed by atoms with E-state index >= 15 is 0 Å². The standard InChI is InChI=1S/C15H12ClFN4O2/c1-20(8-3-4-12(17)11(16)5-8)15(23)10-6-18-14-9(13(10)22)7-19-21(14)2/h3-7H,1-2H3,(H,18,22). The van der Waals surface area contributed by atoms with Gasteiger partial charge in [-0.3, -0.25) is 14.3 Å². The number of nitrogens with one attached hydrogen (secondary N) is 1. The van der Waals surface area contributed by atoms with E-state index in [1.165, 1.54) is 41.2 Å². The van der Waals surface area contributed by atoms with Gasteiger partial charge in [0.15, 0.2) is 0 Å². The van der Waals surface area contributed by atoms with Crippen molar-refractivity contribution in [1.82, 2.24) is 14.8 Å². The van der Waals surface area contributed by atoms with Crippen LogP contribution in [0.2, 0.25) is 5.02 Å². The van der Waals surface area contributed by atoms with Crippen LogP contribution in [0.25, 0.3) is 11.0 Å². The lowest BCUT2D eigenvalue weighted by Crippen LogP contribution is -2.31. The highest BCUT2D eigenvalue weighted by atomic mass is 35.5. The number of hydrogen-bond acceptors (Lipinski definition) is 3. The Morgan fingerprint density at radius 2 is 2.17 bits per heavy atom. The number of amides is 1. The zero-order valence-corrected chi connectivity index (χ0v) is 13.1. The molecule has 118 valence electrons. The summed E-state index contributed by atoms with van der Waals surface area (Å²) >= 11 is 5.73. The molecular weight excluding hydrogens is 323 g/mol. The highest BCUT2D eigenvalue weighted by Gasteiger charge is 2.20. The van der Waals surface area contributed by atoms with Gasteiger partial charge in [-0.2, -0.15) is 5.10 Å². The second-order valence-electron chi connectivity index (χ2n) is 5.02. The molecule has 0 aliphatic heterocycles. The zero-order chi connectivity index (χ0) is 16.7. The number of rotatable bonds is 2. The van der Waals surface area contributed by atoms with Gasteiger partial charge in [0, 0.05) is 26.0 Å². The Hall–Kier alpha value is -2.67. The molecule has 3 rings (SSSR count). The fourth-order valence-corrected chi connectivity index (χ4v) is 2.45. The number of aromatic amines is 1. The Morgan fingerprint density at radius 3 is 2.87 bits per heavy atom. The topological polar surface area (TPSA) is 71.0 Å². The number of benzene rings is 1. The lowest BCUT2D eigenvalue weighted by molar-refractivity contribution is 0.0992. The van der Waals surface area contributed by atoms with Crippen LogP contribution in [0.1, 0.15) is 10.4 Å². The van der Waals surface area contributed by atoms with Gasteiger partial charge in [0.2, 0.25) is 5.43 Å². The van der Waals surface area contributed by atoms with Gasteiger partial charge >= 0.3 is 0 Å². The second kappa shape index (κ2) is 5.51. The van der Waals surface area contributed by atoms with Crippen molar-refractivity contribution >= 4 is 34.2 Å². The van der Waals surface area contributed by atoms with E-state index in [1.54, 1.807) is 7.05 Å². The number of carbonyl (C=O) groups is 1. The van der Waals surface area contributed by atoms with Crippen molar-refractivity contribution in [3.8, 4) is 0 Å². The second-order valence-corrected chi connectivity index (χ2v) is 5.43. The highest BCUT2D eigenvalue weighted by Crippen LogP contribution is 2.22. The Labute approximate surface area is 135 Å². The molecule has 0 fully saturated rings. The first-order chi connectivity index (χ1) is 10.9. The minimum absolute atomic E-state index is 0.0338. The number of carbonyl (C=O) groups excluding carboxylic acids is 1. The van der Waals surface area contributed by atoms with Gasteiger partial charge in [0.25, 0.3) is 5.91 Å². The number of aryl methyl sites for hydroxylation is 1. The van der Waals surface area contributed by atoms with E-state index in [0.717, 1.165) is 6.07 Å². The molecule has 8 heteroatoms. The molecule has 0 radical (unpaired) electrons. The van der Waals surface area contributed by atoms with E-state index in [2.05, 4.69) is 10.1 Å². The van der Waals surface area contributed by atoms with E-state index in [4.69, 9.17) is 11.6 Å². The van der Waals surface area contributed by atoms with Crippen molar-refractivity contribution in [3.05, 3.63) is 57.2 Å². The molecule has 2 heterocycles. The third-order valence-corrected chi connectivity index (χ3v) is 3.90. The molecule has 1 amide bonds. The zero-order valence-electron chi connectivity index (χ0n) is 12.3. The quantitative estimate of drug-likeness (QED) is 0.782. The first-order valence-corrected chi connectivity index (χ1v) is 7.04. The van der Waals surface area contributed by atoms with Crippen molar-refractivity contribution in [2.45, 2.75) is 0 Å². The van der Waals surface area contributed by atoms with Gasteiger partial charge in [-0.25, -0.2) is 4.39 Å². The fourth-order valence-electron chi connectivity index (χ4n) is 2.28. The van der Waals surface area contributed by atoms with Gasteiger partial charge in [0.05, 0.1) is 16.6 Å². The Kier molecular flexibility index (Phi) is 3.65. The molecule has 0 saturated carbocycles. The van der Waals surface area contributed by atoms with Gasteiger partial charge in [-0.15, -0.1) is 0 Å². The molecule has 6 nitrogen and oxygen atoms in total. The summed E-state index contributed by atoms with van der Waals surface area (Å²) in [5.74, 6) is -1.11. The van der Waals surface area contributed by atoms with Crippen LogP contribution in [0.5, 0.6) is 0 Å². The molecule has 0 spiro atoms. The monoisotopic (exact) mass is 334 g/mol. The molecule has 0 unspecified atom stereocenters. The van der Waals surface area contributed by atoms with Crippen LogP contribution in [0.4, 0.5) is 10.1 Å². The fraction of sp³-hybridized carbons (Fsp3) is 0.133. The average molecular weight is 335 g/mol. The minimum atomic E-state index is -0.578. The predicted molar refractivity (Wildman–Crippen MR) is 85.5 cm³/mol. The van der Waals surface area contributed by atoms with Crippen LogP contribution in [-0.4, -0.2) is 27.7 Å². The van der Waals surface area contributed by atoms with Crippen LogP contribution < -0.4 is 10.3 Å². The molecular formula is C15H12ClFN4O2. The highest BCUT2D eigenvalue weighted by molar-refractivity contribution is 6.31. The van der Waals surface area contributed by atoms with Gasteiger partial charge < -0.3 is 9.88 Å². The maximum Gasteiger partial charge on any atom is 0.263 e. The number of anilines is 1. The summed E-state index contributed by atoms with van der Waals surface area (Å²) in [6, 6.07) is 3.90. The van der Waals surface area contributed by atoms with E-state index in [0.29, 0.717) is 16.7 Å². The molecule has 2 aromatic heterocycles. The van der Waals surface area contributed by atoms with E-state index in [-0.39, 0.29) is 10.6 Å². The predicted octanol–water partition coefficient (Wildman–Crippen LogP) is 2.33. The van der Waals surface area contributed by atoms with Crippen molar-refractivity contribution in [3.63, 3.8) is 0 Å². The van der Waals surface area contributed by atoms with E-state index in [1.807, 2.05) is 0 Å². The molecule has 1 aromatic carbocycles.